The summed E-state index contributed by atoms with van der Waals surface area (Å²) in [6.45, 7) is 0. The third-order valence-corrected chi connectivity index (χ3v) is 3.09. The second-order valence-electron chi connectivity index (χ2n) is 4.62. The van der Waals surface area contributed by atoms with E-state index in [2.05, 4.69) is 4.99 Å². The van der Waals surface area contributed by atoms with Crippen LogP contribution in [0, 0.1) is 5.82 Å². The number of hydrogen-bond donors (Lipinski definition) is 0. The highest BCUT2D eigenvalue weighted by atomic mass is 19.1. The van der Waals surface area contributed by atoms with E-state index in [-0.39, 0.29) is 11.6 Å². The van der Waals surface area contributed by atoms with Crippen LogP contribution in [-0.2, 0) is 9.53 Å². The number of ether oxygens (including phenoxy) is 2. The Labute approximate surface area is 126 Å². The van der Waals surface area contributed by atoms with Gasteiger partial charge in [0.25, 0.3) is 0 Å². The number of methoxy groups -OCH3 is 1. The van der Waals surface area contributed by atoms with E-state index in [1.165, 1.54) is 18.2 Å². The lowest BCUT2D eigenvalue weighted by Gasteiger charge is -2.00. The molecule has 0 unspecified atom stereocenters. The van der Waals surface area contributed by atoms with Crippen LogP contribution in [0.1, 0.15) is 11.1 Å². The second kappa shape index (κ2) is 5.81. The van der Waals surface area contributed by atoms with Crippen LogP contribution in [0.25, 0.3) is 6.08 Å². The number of aliphatic imine (C=N–C) groups is 1. The summed E-state index contributed by atoms with van der Waals surface area (Å²) >= 11 is 0. The van der Waals surface area contributed by atoms with Crippen LogP contribution < -0.4 is 4.74 Å². The molecule has 0 radical (unpaired) electrons. The number of carbonyl (C=O) groups excluding carboxylic acids is 1. The number of esters is 1. The quantitative estimate of drug-likeness (QED) is 0.646. The first kappa shape index (κ1) is 14.0. The monoisotopic (exact) mass is 297 g/mol. The van der Waals surface area contributed by atoms with Crippen molar-refractivity contribution in [1.82, 2.24) is 0 Å². The molecular weight excluding hydrogens is 285 g/mol. The predicted octanol–water partition coefficient (Wildman–Crippen LogP) is 3.18. The largest absolute Gasteiger partial charge is 0.497 e. The van der Waals surface area contributed by atoms with Gasteiger partial charge in [0, 0.05) is 5.56 Å². The molecule has 0 atom stereocenters. The Morgan fingerprint density at radius 3 is 2.77 bits per heavy atom. The minimum Gasteiger partial charge on any atom is -0.497 e. The maximum absolute atomic E-state index is 13.2. The summed E-state index contributed by atoms with van der Waals surface area (Å²) in [4.78, 5) is 16.0. The highest BCUT2D eigenvalue weighted by Crippen LogP contribution is 2.21. The fraction of sp³-hybridized carbons (Fsp3) is 0.0588. The SMILES string of the molecule is COc1cccc(/C=C2\N=C(c3cccc(F)c3)OC2=O)c1. The number of rotatable bonds is 3. The van der Waals surface area contributed by atoms with Crippen molar-refractivity contribution in [1.29, 1.82) is 0 Å². The first-order valence-corrected chi connectivity index (χ1v) is 6.58. The molecule has 0 fully saturated rings. The molecule has 0 bridgehead atoms. The molecule has 0 saturated carbocycles. The molecule has 1 aliphatic rings. The Morgan fingerprint density at radius 1 is 1.18 bits per heavy atom. The molecule has 2 aromatic carbocycles. The molecule has 0 N–H and O–H groups in total. The zero-order chi connectivity index (χ0) is 15.5. The maximum Gasteiger partial charge on any atom is 0.363 e. The third-order valence-electron chi connectivity index (χ3n) is 3.09. The van der Waals surface area contributed by atoms with Crippen molar-refractivity contribution in [3.8, 4) is 5.75 Å². The van der Waals surface area contributed by atoms with Crippen molar-refractivity contribution in [2.45, 2.75) is 0 Å². The summed E-state index contributed by atoms with van der Waals surface area (Å²) in [6.07, 6.45) is 1.59. The molecular formula is C17H12FNO3. The first-order chi connectivity index (χ1) is 10.7. The van der Waals surface area contributed by atoms with Gasteiger partial charge in [-0.3, -0.25) is 0 Å². The van der Waals surface area contributed by atoms with E-state index >= 15 is 0 Å². The molecule has 5 heteroatoms. The van der Waals surface area contributed by atoms with Crippen molar-refractivity contribution >= 4 is 17.9 Å². The average molecular weight is 297 g/mol. The van der Waals surface area contributed by atoms with Crippen LogP contribution >= 0.6 is 0 Å². The molecule has 22 heavy (non-hydrogen) atoms. The summed E-state index contributed by atoms with van der Waals surface area (Å²) in [5.41, 5.74) is 1.34. The van der Waals surface area contributed by atoms with Gasteiger partial charge in [0.05, 0.1) is 7.11 Å². The van der Waals surface area contributed by atoms with Crippen molar-refractivity contribution in [3.63, 3.8) is 0 Å². The fourth-order valence-corrected chi connectivity index (χ4v) is 2.04. The molecule has 1 heterocycles. The van der Waals surface area contributed by atoms with E-state index in [9.17, 15) is 9.18 Å². The van der Waals surface area contributed by atoms with E-state index in [4.69, 9.17) is 9.47 Å². The summed E-state index contributed by atoms with van der Waals surface area (Å²) < 4.78 is 23.4. The first-order valence-electron chi connectivity index (χ1n) is 6.58. The van der Waals surface area contributed by atoms with E-state index in [0.29, 0.717) is 11.3 Å². The summed E-state index contributed by atoms with van der Waals surface area (Å²) in [5, 5.41) is 0. The number of hydrogen-bond acceptors (Lipinski definition) is 4. The van der Waals surface area contributed by atoms with Crippen LogP contribution in [0.4, 0.5) is 4.39 Å². The van der Waals surface area contributed by atoms with Gasteiger partial charge < -0.3 is 9.47 Å². The molecule has 3 rings (SSSR count). The zero-order valence-electron chi connectivity index (χ0n) is 11.7. The van der Waals surface area contributed by atoms with Gasteiger partial charge in [-0.05, 0) is 42.0 Å². The van der Waals surface area contributed by atoms with Crippen LogP contribution in [0.2, 0.25) is 0 Å². The highest BCUT2D eigenvalue weighted by Gasteiger charge is 2.24. The minimum absolute atomic E-state index is 0.0960. The average Bonchev–Trinajstić information content (AvgIpc) is 2.89. The number of cyclic esters (lactones) is 1. The van der Waals surface area contributed by atoms with Crippen molar-refractivity contribution in [2.75, 3.05) is 7.11 Å². The van der Waals surface area contributed by atoms with E-state index < -0.39 is 11.8 Å². The lowest BCUT2D eigenvalue weighted by molar-refractivity contribution is -0.129. The Morgan fingerprint density at radius 2 is 2.00 bits per heavy atom. The van der Waals surface area contributed by atoms with Crippen LogP contribution in [0.5, 0.6) is 5.75 Å². The lowest BCUT2D eigenvalue weighted by Crippen LogP contribution is -2.05. The topological polar surface area (TPSA) is 47.9 Å². The molecule has 4 nitrogen and oxygen atoms in total. The van der Waals surface area contributed by atoms with Crippen molar-refractivity contribution in [3.05, 3.63) is 71.2 Å². The second-order valence-corrected chi connectivity index (χ2v) is 4.62. The molecule has 0 saturated heterocycles. The smallest absolute Gasteiger partial charge is 0.363 e. The highest BCUT2D eigenvalue weighted by molar-refractivity contribution is 6.12. The van der Waals surface area contributed by atoms with Crippen LogP contribution in [0.3, 0.4) is 0 Å². The summed E-state index contributed by atoms with van der Waals surface area (Å²) in [6, 6.07) is 12.9. The third kappa shape index (κ3) is 2.88. The molecule has 2 aromatic rings. The summed E-state index contributed by atoms with van der Waals surface area (Å²) in [7, 11) is 1.57. The fourth-order valence-electron chi connectivity index (χ4n) is 2.04. The minimum atomic E-state index is -0.568. The van der Waals surface area contributed by atoms with Gasteiger partial charge in [0.1, 0.15) is 11.6 Å². The van der Waals surface area contributed by atoms with Crippen molar-refractivity contribution < 1.29 is 18.7 Å². The Hall–Kier alpha value is -2.95. The molecule has 110 valence electrons. The maximum atomic E-state index is 13.2. The Bertz CT molecular complexity index is 796. The molecule has 0 spiro atoms. The number of benzene rings is 2. The van der Waals surface area contributed by atoms with E-state index in [1.807, 2.05) is 12.1 Å². The van der Waals surface area contributed by atoms with E-state index in [1.54, 1.807) is 31.4 Å². The molecule has 0 aliphatic carbocycles. The van der Waals surface area contributed by atoms with Gasteiger partial charge in [0.15, 0.2) is 5.70 Å². The molecule has 0 aromatic heterocycles. The standard InChI is InChI=1S/C17H12FNO3/c1-21-14-7-2-4-11(8-14)9-15-17(20)22-16(19-15)12-5-3-6-13(18)10-12/h2-10H,1H3/b15-9-. The normalized spacial score (nSPS) is 15.6. The lowest BCUT2D eigenvalue weighted by atomic mass is 10.2. The van der Waals surface area contributed by atoms with Gasteiger partial charge >= 0.3 is 5.97 Å². The zero-order valence-corrected chi connectivity index (χ0v) is 11.7. The number of carbonyl (C=O) groups is 1. The Kier molecular flexibility index (Phi) is 3.70. The molecule has 0 amide bonds. The molecule has 1 aliphatic heterocycles. The van der Waals surface area contributed by atoms with Crippen molar-refractivity contribution in [2.24, 2.45) is 4.99 Å². The van der Waals surface area contributed by atoms with Crippen LogP contribution in [-0.4, -0.2) is 19.0 Å². The predicted molar refractivity (Wildman–Crippen MR) is 80.0 cm³/mol. The van der Waals surface area contributed by atoms with Gasteiger partial charge in [0.2, 0.25) is 5.90 Å². The van der Waals surface area contributed by atoms with E-state index in [0.717, 1.165) is 5.56 Å². The Balaban J connectivity index is 1.94. The van der Waals surface area contributed by atoms with Gasteiger partial charge in [-0.25, -0.2) is 14.2 Å². The van der Waals surface area contributed by atoms with Crippen LogP contribution in [0.15, 0.2) is 59.2 Å². The summed E-state index contributed by atoms with van der Waals surface area (Å²) in [5.74, 6) is -0.211. The number of halogens is 1. The van der Waals surface area contributed by atoms with Gasteiger partial charge in [-0.2, -0.15) is 0 Å². The van der Waals surface area contributed by atoms with Gasteiger partial charge in [-0.1, -0.05) is 18.2 Å². The number of nitrogens with zero attached hydrogens (tertiary/aromatic N) is 1. The van der Waals surface area contributed by atoms with Gasteiger partial charge in [-0.15, -0.1) is 0 Å².